The molecule has 0 fully saturated rings. The van der Waals surface area contributed by atoms with Gasteiger partial charge in [-0.3, -0.25) is 0 Å². The summed E-state index contributed by atoms with van der Waals surface area (Å²) in [5.74, 6) is 0. The number of hydrogen-bond acceptors (Lipinski definition) is 1. The number of aromatic nitrogens is 2. The van der Waals surface area contributed by atoms with E-state index in [9.17, 15) is 0 Å². The van der Waals surface area contributed by atoms with Gasteiger partial charge in [0.1, 0.15) is 0 Å². The van der Waals surface area contributed by atoms with Crippen LogP contribution in [0, 0.1) is 0 Å². The van der Waals surface area contributed by atoms with Gasteiger partial charge in [-0.1, -0.05) is 53.5 Å². The Hall–Kier alpha value is -1.77. The van der Waals surface area contributed by atoms with Crippen LogP contribution in [-0.4, -0.2) is 9.78 Å². The fourth-order valence-corrected chi connectivity index (χ4v) is 2.33. The van der Waals surface area contributed by atoms with Crippen molar-refractivity contribution in [3.05, 3.63) is 70.8 Å². The van der Waals surface area contributed by atoms with Crippen LogP contribution >= 0.6 is 23.2 Å². The molecule has 2 nitrogen and oxygen atoms in total. The van der Waals surface area contributed by atoms with Gasteiger partial charge in [0, 0.05) is 10.6 Å². The molecule has 0 unspecified atom stereocenters. The lowest BCUT2D eigenvalue weighted by Crippen LogP contribution is -1.99. The van der Waals surface area contributed by atoms with E-state index in [-0.39, 0.29) is 0 Å². The number of nitrogens with zero attached hydrogens (tertiary/aromatic N) is 2. The van der Waals surface area contributed by atoms with Gasteiger partial charge in [-0.25, -0.2) is 4.68 Å². The van der Waals surface area contributed by atoms with E-state index in [2.05, 4.69) is 5.10 Å². The van der Waals surface area contributed by atoms with E-state index in [1.54, 1.807) is 23.0 Å². The van der Waals surface area contributed by atoms with E-state index in [1.165, 1.54) is 0 Å². The second-order valence-corrected chi connectivity index (χ2v) is 4.93. The first-order valence-corrected chi connectivity index (χ1v) is 6.56. The third kappa shape index (κ3) is 2.37. The maximum absolute atomic E-state index is 6.23. The average Bonchev–Trinajstić information content (AvgIpc) is 2.91. The Morgan fingerprint density at radius 2 is 1.68 bits per heavy atom. The van der Waals surface area contributed by atoms with Gasteiger partial charge in [0.15, 0.2) is 0 Å². The number of rotatable bonds is 2. The van der Waals surface area contributed by atoms with Crippen molar-refractivity contribution in [1.82, 2.24) is 9.78 Å². The first-order chi connectivity index (χ1) is 9.25. The third-order valence-electron chi connectivity index (χ3n) is 2.85. The van der Waals surface area contributed by atoms with Crippen molar-refractivity contribution in [2.75, 3.05) is 0 Å². The standard InChI is InChI=1S/C15H10Cl2N2/c16-12-6-7-13(17)15(10-12)19-14(8-9-18-19)11-4-2-1-3-5-11/h1-10H. The molecule has 3 rings (SSSR count). The minimum Gasteiger partial charge on any atom is -0.232 e. The van der Waals surface area contributed by atoms with Gasteiger partial charge in [-0.05, 0) is 24.3 Å². The van der Waals surface area contributed by atoms with Gasteiger partial charge in [-0.15, -0.1) is 0 Å². The molecule has 0 amide bonds. The van der Waals surface area contributed by atoms with E-state index in [0.717, 1.165) is 16.9 Å². The highest BCUT2D eigenvalue weighted by Crippen LogP contribution is 2.28. The van der Waals surface area contributed by atoms with E-state index in [4.69, 9.17) is 23.2 Å². The predicted octanol–water partition coefficient (Wildman–Crippen LogP) is 4.85. The molecule has 0 saturated heterocycles. The fraction of sp³-hybridized carbons (Fsp3) is 0. The monoisotopic (exact) mass is 288 g/mol. The van der Waals surface area contributed by atoms with Crippen molar-refractivity contribution in [3.63, 3.8) is 0 Å². The van der Waals surface area contributed by atoms with Crippen molar-refractivity contribution in [2.45, 2.75) is 0 Å². The van der Waals surface area contributed by atoms with Gasteiger partial charge >= 0.3 is 0 Å². The molecule has 1 heterocycles. The predicted molar refractivity (Wildman–Crippen MR) is 79.0 cm³/mol. The lowest BCUT2D eigenvalue weighted by molar-refractivity contribution is 0.888. The Morgan fingerprint density at radius 1 is 0.895 bits per heavy atom. The number of hydrogen-bond donors (Lipinski definition) is 0. The van der Waals surface area contributed by atoms with Crippen LogP contribution in [0.25, 0.3) is 16.9 Å². The molecule has 1 aromatic heterocycles. The van der Waals surface area contributed by atoms with Crippen molar-refractivity contribution < 1.29 is 0 Å². The summed E-state index contributed by atoms with van der Waals surface area (Å²) in [5, 5.41) is 5.59. The summed E-state index contributed by atoms with van der Waals surface area (Å²) in [4.78, 5) is 0. The van der Waals surface area contributed by atoms with Crippen molar-refractivity contribution in [1.29, 1.82) is 0 Å². The Balaban J connectivity index is 2.18. The fourth-order valence-electron chi connectivity index (χ4n) is 1.97. The summed E-state index contributed by atoms with van der Waals surface area (Å²) in [5.41, 5.74) is 2.83. The summed E-state index contributed by atoms with van der Waals surface area (Å²) in [7, 11) is 0. The molecule has 0 aliphatic heterocycles. The SMILES string of the molecule is Clc1ccc(Cl)c(-n2nccc2-c2ccccc2)c1. The Labute approximate surface area is 121 Å². The lowest BCUT2D eigenvalue weighted by Gasteiger charge is -2.09. The van der Waals surface area contributed by atoms with Gasteiger partial charge in [0.25, 0.3) is 0 Å². The minimum atomic E-state index is 0.616. The lowest BCUT2D eigenvalue weighted by atomic mass is 10.1. The normalized spacial score (nSPS) is 10.6. The molecule has 19 heavy (non-hydrogen) atoms. The van der Waals surface area contributed by atoms with Gasteiger partial charge in [-0.2, -0.15) is 5.10 Å². The van der Waals surface area contributed by atoms with Crippen LogP contribution < -0.4 is 0 Å². The Kier molecular flexibility index (Phi) is 3.28. The van der Waals surface area contributed by atoms with E-state index < -0.39 is 0 Å². The maximum Gasteiger partial charge on any atom is 0.0853 e. The molecule has 3 aromatic rings. The van der Waals surface area contributed by atoms with E-state index >= 15 is 0 Å². The molecule has 0 bridgehead atoms. The van der Waals surface area contributed by atoms with Gasteiger partial charge < -0.3 is 0 Å². The van der Waals surface area contributed by atoms with Crippen LogP contribution in [0.3, 0.4) is 0 Å². The molecule has 0 aliphatic rings. The summed E-state index contributed by atoms with van der Waals surface area (Å²) in [6, 6.07) is 17.3. The zero-order valence-electron chi connectivity index (χ0n) is 9.92. The first kappa shape index (κ1) is 12.3. The van der Waals surface area contributed by atoms with Crippen molar-refractivity contribution in [2.24, 2.45) is 0 Å². The van der Waals surface area contributed by atoms with Crippen molar-refractivity contribution in [3.8, 4) is 16.9 Å². The maximum atomic E-state index is 6.23. The molecule has 0 aliphatic carbocycles. The van der Waals surface area contributed by atoms with Crippen LogP contribution in [0.2, 0.25) is 10.0 Å². The largest absolute Gasteiger partial charge is 0.232 e. The average molecular weight is 289 g/mol. The quantitative estimate of drug-likeness (QED) is 0.659. The summed E-state index contributed by atoms with van der Waals surface area (Å²) in [6.45, 7) is 0. The smallest absolute Gasteiger partial charge is 0.0853 e. The highest BCUT2D eigenvalue weighted by molar-refractivity contribution is 6.34. The van der Waals surface area contributed by atoms with Crippen LogP contribution in [-0.2, 0) is 0 Å². The molecular formula is C15H10Cl2N2. The van der Waals surface area contributed by atoms with Crippen LogP contribution in [0.1, 0.15) is 0 Å². The molecule has 0 radical (unpaired) electrons. The summed E-state index contributed by atoms with van der Waals surface area (Å²) >= 11 is 12.3. The van der Waals surface area contributed by atoms with E-state index in [0.29, 0.717) is 10.0 Å². The highest BCUT2D eigenvalue weighted by Gasteiger charge is 2.10. The molecule has 94 valence electrons. The zero-order chi connectivity index (χ0) is 13.2. The van der Waals surface area contributed by atoms with Gasteiger partial charge in [0.2, 0.25) is 0 Å². The summed E-state index contributed by atoms with van der Waals surface area (Å²) in [6.07, 6.45) is 1.75. The second-order valence-electron chi connectivity index (χ2n) is 4.09. The van der Waals surface area contributed by atoms with Gasteiger partial charge in [0.05, 0.1) is 22.6 Å². The minimum absolute atomic E-state index is 0.616. The molecular weight excluding hydrogens is 279 g/mol. The summed E-state index contributed by atoms with van der Waals surface area (Å²) < 4.78 is 1.80. The molecule has 0 atom stereocenters. The molecule has 0 spiro atoms. The van der Waals surface area contributed by atoms with Crippen LogP contribution in [0.5, 0.6) is 0 Å². The molecule has 0 saturated carbocycles. The highest BCUT2D eigenvalue weighted by atomic mass is 35.5. The third-order valence-corrected chi connectivity index (χ3v) is 3.40. The van der Waals surface area contributed by atoms with Crippen molar-refractivity contribution >= 4 is 23.2 Å². The Bertz CT molecular complexity index is 705. The van der Waals surface area contributed by atoms with Crippen LogP contribution in [0.4, 0.5) is 0 Å². The zero-order valence-corrected chi connectivity index (χ0v) is 11.4. The van der Waals surface area contributed by atoms with E-state index in [1.807, 2.05) is 42.5 Å². The molecule has 2 aromatic carbocycles. The Morgan fingerprint density at radius 3 is 2.47 bits per heavy atom. The van der Waals surface area contributed by atoms with Crippen LogP contribution in [0.15, 0.2) is 60.8 Å². The second kappa shape index (κ2) is 5.08. The number of benzene rings is 2. The molecule has 0 N–H and O–H groups in total. The molecule has 4 heteroatoms. The first-order valence-electron chi connectivity index (χ1n) is 5.80. The topological polar surface area (TPSA) is 17.8 Å². The number of halogens is 2.